The van der Waals surface area contributed by atoms with Gasteiger partial charge in [-0.15, -0.1) is 0 Å². The Morgan fingerprint density at radius 2 is 2.17 bits per heavy atom. The summed E-state index contributed by atoms with van der Waals surface area (Å²) >= 11 is 6.21. The number of carbonyl (C=O) groups excluding carboxylic acids is 1. The van der Waals surface area contributed by atoms with Crippen molar-refractivity contribution in [1.82, 2.24) is 0 Å². The summed E-state index contributed by atoms with van der Waals surface area (Å²) in [5.41, 5.74) is 2.14. The summed E-state index contributed by atoms with van der Waals surface area (Å²) in [6.45, 7) is 2.02. The van der Waals surface area contributed by atoms with E-state index in [1.165, 1.54) is 19.3 Å². The Morgan fingerprint density at radius 1 is 1.33 bits per heavy atom. The van der Waals surface area contributed by atoms with E-state index in [4.69, 9.17) is 11.6 Å². The Labute approximate surface area is 114 Å². The van der Waals surface area contributed by atoms with Gasteiger partial charge >= 0.3 is 0 Å². The predicted octanol–water partition coefficient (Wildman–Crippen LogP) is 4.20. The molecule has 2 fully saturated rings. The fourth-order valence-electron chi connectivity index (χ4n) is 3.75. The molecule has 2 saturated carbocycles. The average Bonchev–Trinajstić information content (AvgIpc) is 2.94. The van der Waals surface area contributed by atoms with E-state index >= 15 is 0 Å². The summed E-state index contributed by atoms with van der Waals surface area (Å²) in [5, 5.41) is 0.742. The summed E-state index contributed by atoms with van der Waals surface area (Å²) in [5.74, 6) is 2.23. The molecule has 2 aliphatic rings. The lowest BCUT2D eigenvalue weighted by molar-refractivity contribution is -0.123. The van der Waals surface area contributed by atoms with E-state index in [0.717, 1.165) is 28.5 Å². The molecule has 96 valence electrons. The van der Waals surface area contributed by atoms with Crippen LogP contribution in [0.2, 0.25) is 5.02 Å². The summed E-state index contributed by atoms with van der Waals surface area (Å²) in [4.78, 5) is 12.4. The van der Waals surface area contributed by atoms with Gasteiger partial charge in [-0.25, -0.2) is 0 Å². The zero-order chi connectivity index (χ0) is 12.7. The van der Waals surface area contributed by atoms with Crippen molar-refractivity contribution in [3.63, 3.8) is 0 Å². The van der Waals surface area contributed by atoms with Crippen LogP contribution in [-0.2, 0) is 11.2 Å². The van der Waals surface area contributed by atoms with Crippen LogP contribution in [0, 0.1) is 24.7 Å². The van der Waals surface area contributed by atoms with Crippen molar-refractivity contribution in [3.05, 3.63) is 34.3 Å². The third-order valence-electron chi connectivity index (χ3n) is 4.72. The van der Waals surface area contributed by atoms with Crippen molar-refractivity contribution in [2.75, 3.05) is 0 Å². The molecular formula is C16H19ClO. The van der Waals surface area contributed by atoms with Crippen molar-refractivity contribution in [2.45, 2.75) is 39.0 Å². The fraction of sp³-hybridized carbons (Fsp3) is 0.562. The van der Waals surface area contributed by atoms with Gasteiger partial charge in [0.25, 0.3) is 0 Å². The largest absolute Gasteiger partial charge is 0.299 e. The first-order chi connectivity index (χ1) is 8.63. The molecule has 0 aliphatic heterocycles. The van der Waals surface area contributed by atoms with Crippen LogP contribution in [0.25, 0.3) is 0 Å². The van der Waals surface area contributed by atoms with E-state index in [9.17, 15) is 4.79 Å². The lowest BCUT2D eigenvalue weighted by Gasteiger charge is -2.20. The number of fused-ring (bicyclic) bond motifs is 2. The first-order valence-corrected chi connectivity index (χ1v) is 7.29. The minimum atomic E-state index is 0.320. The molecule has 3 unspecified atom stereocenters. The normalized spacial score (nSPS) is 29.8. The maximum atomic E-state index is 12.4. The molecule has 0 saturated heterocycles. The molecule has 0 N–H and O–H groups in total. The van der Waals surface area contributed by atoms with E-state index in [-0.39, 0.29) is 0 Å². The van der Waals surface area contributed by atoms with Crippen LogP contribution in [0.3, 0.4) is 0 Å². The van der Waals surface area contributed by atoms with Gasteiger partial charge in [-0.2, -0.15) is 0 Å². The van der Waals surface area contributed by atoms with Gasteiger partial charge in [0.05, 0.1) is 0 Å². The maximum absolute atomic E-state index is 12.4. The first kappa shape index (κ1) is 12.2. The Hall–Kier alpha value is -0.820. The molecule has 1 nitrogen and oxygen atoms in total. The Morgan fingerprint density at radius 3 is 2.78 bits per heavy atom. The number of halogens is 1. The topological polar surface area (TPSA) is 17.1 Å². The van der Waals surface area contributed by atoms with Gasteiger partial charge in [0, 0.05) is 17.4 Å². The summed E-state index contributed by atoms with van der Waals surface area (Å²) in [6.07, 6.45) is 5.56. The van der Waals surface area contributed by atoms with Crippen LogP contribution in [0.15, 0.2) is 18.2 Å². The second-order valence-corrected chi connectivity index (χ2v) is 6.43. The lowest BCUT2D eigenvalue weighted by atomic mass is 9.83. The number of Topliss-reactive ketones (excluding diaryl/α,β-unsaturated/α-hetero) is 1. The maximum Gasteiger partial charge on any atom is 0.140 e. The molecule has 2 aliphatic carbocycles. The van der Waals surface area contributed by atoms with Crippen LogP contribution >= 0.6 is 11.6 Å². The minimum absolute atomic E-state index is 0.320. The zero-order valence-electron chi connectivity index (χ0n) is 10.8. The van der Waals surface area contributed by atoms with Gasteiger partial charge in [0.1, 0.15) is 5.78 Å². The minimum Gasteiger partial charge on any atom is -0.299 e. The van der Waals surface area contributed by atoms with E-state index in [1.54, 1.807) is 0 Å². The highest BCUT2D eigenvalue weighted by Crippen LogP contribution is 2.48. The monoisotopic (exact) mass is 262 g/mol. The number of hydrogen-bond acceptors (Lipinski definition) is 1. The van der Waals surface area contributed by atoms with Crippen LogP contribution in [-0.4, -0.2) is 5.78 Å². The van der Waals surface area contributed by atoms with Gasteiger partial charge in [-0.05, 0) is 55.2 Å². The molecular weight excluding hydrogens is 244 g/mol. The third kappa shape index (κ3) is 2.21. The molecule has 2 heteroatoms. The number of aryl methyl sites for hydroxylation is 1. The van der Waals surface area contributed by atoms with Gasteiger partial charge in [0.15, 0.2) is 0 Å². The predicted molar refractivity (Wildman–Crippen MR) is 73.8 cm³/mol. The molecule has 2 bridgehead atoms. The molecule has 18 heavy (non-hydrogen) atoms. The van der Waals surface area contributed by atoms with Crippen LogP contribution in [0.1, 0.15) is 36.8 Å². The molecule has 3 rings (SSSR count). The number of hydrogen-bond donors (Lipinski definition) is 0. The second kappa shape index (κ2) is 4.70. The molecule has 1 aromatic rings. The van der Waals surface area contributed by atoms with Crippen LogP contribution < -0.4 is 0 Å². The number of carbonyl (C=O) groups is 1. The van der Waals surface area contributed by atoms with Crippen LogP contribution in [0.5, 0.6) is 0 Å². The molecule has 3 atom stereocenters. The van der Waals surface area contributed by atoms with Crippen molar-refractivity contribution < 1.29 is 4.79 Å². The fourth-order valence-corrected chi connectivity index (χ4v) is 4.06. The molecule has 1 aromatic carbocycles. The second-order valence-electron chi connectivity index (χ2n) is 6.02. The smallest absolute Gasteiger partial charge is 0.140 e. The highest BCUT2D eigenvalue weighted by atomic mass is 35.5. The highest BCUT2D eigenvalue weighted by Gasteiger charge is 2.42. The number of ketones is 1. The molecule has 0 spiro atoms. The number of rotatable bonds is 3. The molecule has 0 heterocycles. The first-order valence-electron chi connectivity index (χ1n) is 6.91. The van der Waals surface area contributed by atoms with E-state index in [1.807, 2.05) is 25.1 Å². The quantitative estimate of drug-likeness (QED) is 0.798. The zero-order valence-corrected chi connectivity index (χ0v) is 11.5. The van der Waals surface area contributed by atoms with E-state index in [0.29, 0.717) is 24.0 Å². The summed E-state index contributed by atoms with van der Waals surface area (Å²) in [7, 11) is 0. The highest BCUT2D eigenvalue weighted by molar-refractivity contribution is 6.31. The van der Waals surface area contributed by atoms with Crippen LogP contribution in [0.4, 0.5) is 0 Å². The van der Waals surface area contributed by atoms with Gasteiger partial charge in [-0.1, -0.05) is 30.2 Å². The van der Waals surface area contributed by atoms with Crippen molar-refractivity contribution >= 4 is 17.4 Å². The van der Waals surface area contributed by atoms with Gasteiger partial charge in [0.2, 0.25) is 0 Å². The summed E-state index contributed by atoms with van der Waals surface area (Å²) < 4.78 is 0. The van der Waals surface area contributed by atoms with Crippen molar-refractivity contribution in [3.8, 4) is 0 Å². The SMILES string of the molecule is Cc1ccc(CC(=O)C2CC3CCC2C3)c(Cl)c1. The average molecular weight is 263 g/mol. The van der Waals surface area contributed by atoms with E-state index in [2.05, 4.69) is 0 Å². The molecule has 0 amide bonds. The van der Waals surface area contributed by atoms with Gasteiger partial charge < -0.3 is 0 Å². The lowest BCUT2D eigenvalue weighted by Crippen LogP contribution is -2.22. The van der Waals surface area contributed by atoms with Crippen molar-refractivity contribution in [2.24, 2.45) is 17.8 Å². The Kier molecular flexibility index (Phi) is 3.19. The van der Waals surface area contributed by atoms with Gasteiger partial charge in [-0.3, -0.25) is 4.79 Å². The number of benzene rings is 1. The summed E-state index contributed by atoms with van der Waals surface area (Å²) in [6, 6.07) is 5.99. The Bertz CT molecular complexity index is 480. The van der Waals surface area contributed by atoms with Crippen molar-refractivity contribution in [1.29, 1.82) is 0 Å². The standard InChI is InChI=1S/C16H19ClO/c1-10-2-4-13(15(17)6-10)9-16(18)14-8-11-3-5-12(14)7-11/h2,4,6,11-12,14H,3,5,7-9H2,1H3. The van der Waals surface area contributed by atoms with E-state index < -0.39 is 0 Å². The molecule has 0 radical (unpaired) electrons. The third-order valence-corrected chi connectivity index (χ3v) is 5.08. The Balaban J connectivity index is 1.71. The molecule has 0 aromatic heterocycles.